The van der Waals surface area contributed by atoms with Gasteiger partial charge in [0.1, 0.15) is 11.9 Å². The molecule has 1 saturated heterocycles. The number of nitriles is 1. The minimum Gasteiger partial charge on any atom is -0.330 e. The lowest BCUT2D eigenvalue weighted by atomic mass is 9.93. The van der Waals surface area contributed by atoms with E-state index in [0.717, 1.165) is 44.1 Å². The number of rotatable bonds is 4. The van der Waals surface area contributed by atoms with E-state index in [1.54, 1.807) is 12.1 Å². The van der Waals surface area contributed by atoms with Crippen molar-refractivity contribution in [3.8, 4) is 6.07 Å². The molecular weight excluding hydrogens is 241 g/mol. The maximum atomic E-state index is 13.2. The predicted molar refractivity (Wildman–Crippen MR) is 72.8 cm³/mol. The van der Waals surface area contributed by atoms with E-state index in [4.69, 9.17) is 11.0 Å². The molecule has 0 bridgehead atoms. The Bertz CT molecular complexity index is 459. The lowest BCUT2D eigenvalue weighted by molar-refractivity contribution is 0.173. The second-order valence-electron chi connectivity index (χ2n) is 5.22. The molecule has 0 aliphatic carbocycles. The molecule has 3 nitrogen and oxygen atoms in total. The first kappa shape index (κ1) is 14.0. The van der Waals surface area contributed by atoms with Crippen LogP contribution in [0, 0.1) is 23.1 Å². The number of nitrogens with two attached hydrogens (primary N) is 1. The van der Waals surface area contributed by atoms with Crippen molar-refractivity contribution in [2.45, 2.75) is 25.8 Å². The summed E-state index contributed by atoms with van der Waals surface area (Å²) in [6.07, 6.45) is 3.48. The van der Waals surface area contributed by atoms with Crippen molar-refractivity contribution in [2.75, 3.05) is 19.6 Å². The molecule has 0 amide bonds. The molecule has 2 N–H and O–H groups in total. The minimum absolute atomic E-state index is 0.135. The molecule has 0 radical (unpaired) electrons. The van der Waals surface area contributed by atoms with E-state index in [9.17, 15) is 4.39 Å². The van der Waals surface area contributed by atoms with Crippen LogP contribution < -0.4 is 5.73 Å². The fraction of sp³-hybridized carbons (Fsp3) is 0.533. The van der Waals surface area contributed by atoms with E-state index in [0.29, 0.717) is 0 Å². The predicted octanol–water partition coefficient (Wildman–Crippen LogP) is 2.26. The second kappa shape index (κ2) is 6.65. The Morgan fingerprint density at radius 1 is 1.37 bits per heavy atom. The monoisotopic (exact) mass is 261 g/mol. The standard InChI is InChI=1S/C15H20FN3/c16-15-2-1-13(9-14(15)10-18)11-19-7-4-12(3-6-17)5-8-19/h1-2,9,12H,3-8,11,17H2. The molecule has 1 aromatic rings. The third-order valence-electron chi connectivity index (χ3n) is 3.84. The van der Waals surface area contributed by atoms with Gasteiger partial charge in [0.2, 0.25) is 0 Å². The van der Waals surface area contributed by atoms with Crippen LogP contribution in [0.2, 0.25) is 0 Å². The molecule has 1 aliphatic rings. The van der Waals surface area contributed by atoms with Crippen molar-refractivity contribution in [1.29, 1.82) is 5.26 Å². The molecule has 0 atom stereocenters. The average Bonchev–Trinajstić information content (AvgIpc) is 2.43. The molecule has 1 heterocycles. The van der Waals surface area contributed by atoms with Gasteiger partial charge in [-0.2, -0.15) is 5.26 Å². The van der Waals surface area contributed by atoms with Gasteiger partial charge in [-0.1, -0.05) is 6.07 Å². The molecular formula is C15H20FN3. The van der Waals surface area contributed by atoms with E-state index in [-0.39, 0.29) is 5.56 Å². The summed E-state index contributed by atoms with van der Waals surface area (Å²) in [6.45, 7) is 3.69. The van der Waals surface area contributed by atoms with Gasteiger partial charge in [-0.15, -0.1) is 0 Å². The summed E-state index contributed by atoms with van der Waals surface area (Å²) in [4.78, 5) is 2.36. The van der Waals surface area contributed by atoms with Gasteiger partial charge in [-0.25, -0.2) is 4.39 Å². The van der Waals surface area contributed by atoms with Crippen molar-refractivity contribution in [2.24, 2.45) is 11.7 Å². The Morgan fingerprint density at radius 2 is 2.11 bits per heavy atom. The Hall–Kier alpha value is -1.44. The molecule has 1 aromatic carbocycles. The van der Waals surface area contributed by atoms with Crippen LogP contribution in [-0.2, 0) is 6.54 Å². The topological polar surface area (TPSA) is 53.0 Å². The molecule has 0 saturated carbocycles. The highest BCUT2D eigenvalue weighted by Crippen LogP contribution is 2.21. The zero-order valence-electron chi connectivity index (χ0n) is 11.1. The maximum Gasteiger partial charge on any atom is 0.140 e. The Morgan fingerprint density at radius 3 is 2.74 bits per heavy atom. The fourth-order valence-electron chi connectivity index (χ4n) is 2.68. The van der Waals surface area contributed by atoms with Crippen molar-refractivity contribution < 1.29 is 4.39 Å². The lowest BCUT2D eigenvalue weighted by Crippen LogP contribution is -2.33. The van der Waals surface area contributed by atoms with Crippen LogP contribution in [0.4, 0.5) is 4.39 Å². The zero-order chi connectivity index (χ0) is 13.7. The van der Waals surface area contributed by atoms with Gasteiger partial charge >= 0.3 is 0 Å². The van der Waals surface area contributed by atoms with E-state index >= 15 is 0 Å². The molecule has 0 spiro atoms. The van der Waals surface area contributed by atoms with Gasteiger partial charge in [0, 0.05) is 6.54 Å². The largest absolute Gasteiger partial charge is 0.330 e. The number of halogens is 1. The average molecular weight is 261 g/mol. The van der Waals surface area contributed by atoms with E-state index in [2.05, 4.69) is 4.90 Å². The number of likely N-dealkylation sites (tertiary alicyclic amines) is 1. The van der Waals surface area contributed by atoms with Crippen LogP contribution in [0.25, 0.3) is 0 Å². The van der Waals surface area contributed by atoms with Gasteiger partial charge < -0.3 is 5.73 Å². The SMILES string of the molecule is N#Cc1cc(CN2CCC(CCN)CC2)ccc1F. The molecule has 1 aliphatic heterocycles. The number of benzene rings is 1. The smallest absolute Gasteiger partial charge is 0.140 e. The summed E-state index contributed by atoms with van der Waals surface area (Å²) in [5.74, 6) is 0.317. The molecule has 4 heteroatoms. The fourth-order valence-corrected chi connectivity index (χ4v) is 2.68. The number of hydrogen-bond donors (Lipinski definition) is 1. The van der Waals surface area contributed by atoms with Crippen molar-refractivity contribution in [3.05, 3.63) is 35.1 Å². The highest BCUT2D eigenvalue weighted by Gasteiger charge is 2.18. The van der Waals surface area contributed by atoms with Crippen LogP contribution in [0.5, 0.6) is 0 Å². The molecule has 0 unspecified atom stereocenters. The number of piperidine rings is 1. The van der Waals surface area contributed by atoms with Gasteiger partial charge in [-0.3, -0.25) is 4.90 Å². The maximum absolute atomic E-state index is 13.2. The van der Waals surface area contributed by atoms with Crippen LogP contribution in [0.3, 0.4) is 0 Å². The first-order valence-corrected chi connectivity index (χ1v) is 6.84. The first-order valence-electron chi connectivity index (χ1n) is 6.84. The van der Waals surface area contributed by atoms with Crippen LogP contribution in [0.15, 0.2) is 18.2 Å². The normalized spacial score (nSPS) is 17.3. The third-order valence-corrected chi connectivity index (χ3v) is 3.84. The van der Waals surface area contributed by atoms with Crippen LogP contribution in [0.1, 0.15) is 30.4 Å². The summed E-state index contributed by atoms with van der Waals surface area (Å²) in [5, 5.41) is 8.83. The van der Waals surface area contributed by atoms with Gasteiger partial charge in [-0.05, 0) is 62.5 Å². The summed E-state index contributed by atoms with van der Waals surface area (Å²) in [6, 6.07) is 6.69. The van der Waals surface area contributed by atoms with E-state index in [1.807, 2.05) is 6.07 Å². The van der Waals surface area contributed by atoms with E-state index < -0.39 is 5.82 Å². The second-order valence-corrected chi connectivity index (χ2v) is 5.22. The molecule has 102 valence electrons. The summed E-state index contributed by atoms with van der Waals surface area (Å²) in [7, 11) is 0. The zero-order valence-corrected chi connectivity index (χ0v) is 11.1. The summed E-state index contributed by atoms with van der Waals surface area (Å²) in [5.41, 5.74) is 6.73. The molecule has 0 aromatic heterocycles. The number of hydrogen-bond acceptors (Lipinski definition) is 3. The third kappa shape index (κ3) is 3.76. The number of nitrogens with zero attached hydrogens (tertiary/aromatic N) is 2. The minimum atomic E-state index is -0.437. The van der Waals surface area contributed by atoms with Crippen LogP contribution in [-0.4, -0.2) is 24.5 Å². The highest BCUT2D eigenvalue weighted by atomic mass is 19.1. The Balaban J connectivity index is 1.91. The Labute approximate surface area is 113 Å². The first-order chi connectivity index (χ1) is 9.22. The van der Waals surface area contributed by atoms with Crippen molar-refractivity contribution in [3.63, 3.8) is 0 Å². The van der Waals surface area contributed by atoms with Gasteiger partial charge in [0.05, 0.1) is 5.56 Å². The molecule has 1 fully saturated rings. The molecule has 2 rings (SSSR count). The van der Waals surface area contributed by atoms with Crippen LogP contribution >= 0.6 is 0 Å². The summed E-state index contributed by atoms with van der Waals surface area (Å²) < 4.78 is 13.2. The van der Waals surface area contributed by atoms with Gasteiger partial charge in [0.15, 0.2) is 0 Å². The molecule has 19 heavy (non-hydrogen) atoms. The quantitative estimate of drug-likeness (QED) is 0.904. The van der Waals surface area contributed by atoms with Crippen molar-refractivity contribution in [1.82, 2.24) is 4.90 Å². The summed E-state index contributed by atoms with van der Waals surface area (Å²) >= 11 is 0. The lowest BCUT2D eigenvalue weighted by Gasteiger charge is -2.31. The van der Waals surface area contributed by atoms with Gasteiger partial charge in [0.25, 0.3) is 0 Å². The highest BCUT2D eigenvalue weighted by molar-refractivity contribution is 5.34. The van der Waals surface area contributed by atoms with E-state index in [1.165, 1.54) is 18.9 Å². The Kier molecular flexibility index (Phi) is 4.89. The van der Waals surface area contributed by atoms with Crippen molar-refractivity contribution >= 4 is 0 Å².